The molecule has 6 atom stereocenters. The molecule has 6 heteroatoms. The molecule has 218 valence electrons. The van der Waals surface area contributed by atoms with Gasteiger partial charge in [-0.3, -0.25) is 0 Å². The Bertz CT molecular complexity index is 1740. The molecule has 0 bridgehead atoms. The van der Waals surface area contributed by atoms with Crippen molar-refractivity contribution in [2.75, 3.05) is 0 Å². The molecule has 2 aromatic heterocycles. The van der Waals surface area contributed by atoms with Crippen LogP contribution in [0, 0.1) is 11.8 Å². The third kappa shape index (κ3) is 4.72. The minimum atomic E-state index is 0.357. The Morgan fingerprint density at radius 2 is 1.02 bits per heavy atom. The second kappa shape index (κ2) is 10.5. The number of rotatable bonds is 5. The molecule has 3 aromatic carbocycles. The SMILES string of the molecule is c1cc(-c2cnc([C@@H]3C[C@@H]4CCC[C@@H]4N3)[nH]2)ccc1-c1ccc2cc(-c3cnc([C@@H]4C[C@@H]5CCCCC5N4)[nH]3)ccc2c1. The summed E-state index contributed by atoms with van der Waals surface area (Å²) in [6.45, 7) is 0. The molecule has 0 radical (unpaired) electrons. The van der Waals surface area contributed by atoms with Crippen LogP contribution < -0.4 is 10.6 Å². The molecule has 2 aliphatic heterocycles. The first-order valence-electron chi connectivity index (χ1n) is 16.5. The fourth-order valence-electron chi connectivity index (χ4n) is 8.64. The fourth-order valence-corrected chi connectivity index (χ4v) is 8.64. The van der Waals surface area contributed by atoms with Gasteiger partial charge in [0.05, 0.1) is 35.9 Å². The topological polar surface area (TPSA) is 81.4 Å². The highest BCUT2D eigenvalue weighted by atomic mass is 15.1. The summed E-state index contributed by atoms with van der Waals surface area (Å²) in [6, 6.07) is 24.5. The van der Waals surface area contributed by atoms with Gasteiger partial charge in [0.1, 0.15) is 11.6 Å². The normalized spacial score (nSPS) is 28.4. The van der Waals surface area contributed by atoms with Crippen LogP contribution in [0.3, 0.4) is 0 Å². The van der Waals surface area contributed by atoms with E-state index < -0.39 is 0 Å². The van der Waals surface area contributed by atoms with E-state index in [2.05, 4.69) is 81.3 Å². The number of nitrogens with zero attached hydrogens (tertiary/aromatic N) is 2. The molecular weight excluding hydrogens is 528 g/mol. The molecule has 2 aliphatic carbocycles. The maximum absolute atomic E-state index is 4.80. The molecule has 43 heavy (non-hydrogen) atoms. The standard InChI is InChI=1S/C37H40N6/c1-2-6-30-27(4-1)18-32(40-30)37-39-21-35(43-37)29-15-14-25-16-24(12-13-26(25)17-29)22-8-10-23(11-9-22)34-20-38-36(42-34)33-19-28-5-3-7-31(28)41-33/h8-17,20-21,27-28,30-33,40-41H,1-7,18-19H2,(H,38,42)(H,39,43)/t27-,28-,30?,31-,32-,33-/m0/s1. The van der Waals surface area contributed by atoms with E-state index in [-0.39, 0.29) is 0 Å². The van der Waals surface area contributed by atoms with Gasteiger partial charge in [0, 0.05) is 17.6 Å². The summed E-state index contributed by atoms with van der Waals surface area (Å²) in [6.07, 6.45) is 15.9. The lowest BCUT2D eigenvalue weighted by Gasteiger charge is -2.24. The Labute approximate surface area is 253 Å². The van der Waals surface area contributed by atoms with Crippen LogP contribution in [0.1, 0.15) is 81.5 Å². The Kier molecular flexibility index (Phi) is 6.26. The van der Waals surface area contributed by atoms with Gasteiger partial charge < -0.3 is 20.6 Å². The first-order valence-corrected chi connectivity index (χ1v) is 16.5. The van der Waals surface area contributed by atoms with E-state index in [1.54, 1.807) is 0 Å². The van der Waals surface area contributed by atoms with Crippen molar-refractivity contribution in [3.8, 4) is 33.6 Å². The molecule has 2 saturated heterocycles. The third-order valence-electron chi connectivity index (χ3n) is 11.0. The Morgan fingerprint density at radius 1 is 0.512 bits per heavy atom. The number of hydrogen-bond donors (Lipinski definition) is 4. The van der Waals surface area contributed by atoms with Gasteiger partial charge in [-0.15, -0.1) is 0 Å². The van der Waals surface area contributed by atoms with Crippen molar-refractivity contribution in [1.82, 2.24) is 30.6 Å². The van der Waals surface area contributed by atoms with Crippen LogP contribution in [0.5, 0.6) is 0 Å². The van der Waals surface area contributed by atoms with Gasteiger partial charge in [0.25, 0.3) is 0 Å². The highest BCUT2D eigenvalue weighted by Crippen LogP contribution is 2.41. The highest BCUT2D eigenvalue weighted by molar-refractivity contribution is 5.90. The number of benzene rings is 3. The first-order chi connectivity index (χ1) is 21.2. The predicted molar refractivity (Wildman–Crippen MR) is 172 cm³/mol. The summed E-state index contributed by atoms with van der Waals surface area (Å²) in [5, 5.41) is 10.2. The largest absolute Gasteiger partial charge is 0.341 e. The first kappa shape index (κ1) is 25.7. The van der Waals surface area contributed by atoms with E-state index in [9.17, 15) is 0 Å². The van der Waals surface area contributed by atoms with Crippen LogP contribution in [-0.2, 0) is 0 Å². The fraction of sp³-hybridized carbons (Fsp3) is 0.405. The van der Waals surface area contributed by atoms with Crippen LogP contribution >= 0.6 is 0 Å². The summed E-state index contributed by atoms with van der Waals surface area (Å²) in [5.41, 5.74) is 7.02. The van der Waals surface area contributed by atoms with Gasteiger partial charge in [0.2, 0.25) is 0 Å². The lowest BCUT2D eigenvalue weighted by atomic mass is 9.85. The molecule has 6 nitrogen and oxygen atoms in total. The van der Waals surface area contributed by atoms with E-state index >= 15 is 0 Å². The average Bonchev–Trinajstić information content (AvgIpc) is 3.87. The molecule has 4 aliphatic rings. The summed E-state index contributed by atoms with van der Waals surface area (Å²) < 4.78 is 0. The van der Waals surface area contributed by atoms with Crippen molar-refractivity contribution < 1.29 is 0 Å². The lowest BCUT2D eigenvalue weighted by molar-refractivity contribution is 0.325. The molecule has 0 amide bonds. The zero-order valence-electron chi connectivity index (χ0n) is 24.7. The van der Waals surface area contributed by atoms with E-state index in [0.717, 1.165) is 34.9 Å². The maximum Gasteiger partial charge on any atom is 0.123 e. The second-order valence-electron chi connectivity index (χ2n) is 13.6. The van der Waals surface area contributed by atoms with Crippen LogP contribution in [0.2, 0.25) is 0 Å². The molecule has 5 aromatic rings. The predicted octanol–water partition coefficient (Wildman–Crippen LogP) is 8.08. The number of H-pyrrole nitrogens is 2. The number of aromatic amines is 2. The summed E-state index contributed by atoms with van der Waals surface area (Å²) >= 11 is 0. The molecular formula is C37H40N6. The van der Waals surface area contributed by atoms with Crippen LogP contribution in [0.15, 0.2) is 73.1 Å². The lowest BCUT2D eigenvalue weighted by Crippen LogP contribution is -2.30. The molecule has 4 N–H and O–H groups in total. The minimum absolute atomic E-state index is 0.357. The van der Waals surface area contributed by atoms with E-state index in [1.165, 1.54) is 90.8 Å². The average molecular weight is 569 g/mol. The van der Waals surface area contributed by atoms with Crippen molar-refractivity contribution in [2.45, 2.75) is 82.0 Å². The molecule has 9 rings (SSSR count). The number of fused-ring (bicyclic) bond motifs is 3. The smallest absolute Gasteiger partial charge is 0.123 e. The van der Waals surface area contributed by atoms with Crippen molar-refractivity contribution >= 4 is 10.8 Å². The summed E-state index contributed by atoms with van der Waals surface area (Å²) in [4.78, 5) is 16.8. The van der Waals surface area contributed by atoms with Crippen LogP contribution in [0.25, 0.3) is 44.4 Å². The molecule has 2 saturated carbocycles. The second-order valence-corrected chi connectivity index (χ2v) is 13.6. The summed E-state index contributed by atoms with van der Waals surface area (Å²) in [7, 11) is 0. The van der Waals surface area contributed by atoms with E-state index in [4.69, 9.17) is 9.97 Å². The van der Waals surface area contributed by atoms with Gasteiger partial charge in [-0.25, -0.2) is 9.97 Å². The van der Waals surface area contributed by atoms with Gasteiger partial charge in [-0.1, -0.05) is 67.8 Å². The van der Waals surface area contributed by atoms with Crippen LogP contribution in [0.4, 0.5) is 0 Å². The number of nitrogens with one attached hydrogen (secondary N) is 4. The van der Waals surface area contributed by atoms with Gasteiger partial charge >= 0.3 is 0 Å². The van der Waals surface area contributed by atoms with Crippen molar-refractivity contribution in [3.05, 3.63) is 84.7 Å². The molecule has 1 unspecified atom stereocenters. The zero-order chi connectivity index (χ0) is 28.3. The van der Waals surface area contributed by atoms with Crippen LogP contribution in [-0.4, -0.2) is 32.0 Å². The Hall–Kier alpha value is -3.74. The Balaban J connectivity index is 0.901. The van der Waals surface area contributed by atoms with Gasteiger partial charge in [0.15, 0.2) is 0 Å². The van der Waals surface area contributed by atoms with Gasteiger partial charge in [-0.2, -0.15) is 0 Å². The molecule has 4 heterocycles. The number of imidazole rings is 2. The van der Waals surface area contributed by atoms with E-state index in [1.807, 2.05) is 12.4 Å². The van der Waals surface area contributed by atoms with Gasteiger partial charge in [-0.05, 0) is 90.0 Å². The van der Waals surface area contributed by atoms with Crippen molar-refractivity contribution in [2.24, 2.45) is 11.8 Å². The highest BCUT2D eigenvalue weighted by Gasteiger charge is 2.38. The van der Waals surface area contributed by atoms with Crippen molar-refractivity contribution in [1.29, 1.82) is 0 Å². The zero-order valence-corrected chi connectivity index (χ0v) is 24.7. The molecule has 4 fully saturated rings. The number of aromatic nitrogens is 4. The summed E-state index contributed by atoms with van der Waals surface area (Å²) in [5.74, 6) is 3.82. The van der Waals surface area contributed by atoms with Crippen molar-refractivity contribution in [3.63, 3.8) is 0 Å². The number of hydrogen-bond acceptors (Lipinski definition) is 4. The Morgan fingerprint density at radius 3 is 1.70 bits per heavy atom. The van der Waals surface area contributed by atoms with E-state index in [0.29, 0.717) is 24.2 Å². The minimum Gasteiger partial charge on any atom is -0.341 e. The maximum atomic E-state index is 4.80. The third-order valence-corrected chi connectivity index (χ3v) is 11.0. The quantitative estimate of drug-likeness (QED) is 0.173. The monoisotopic (exact) mass is 568 g/mol. The molecule has 0 spiro atoms.